The summed E-state index contributed by atoms with van der Waals surface area (Å²) in [7, 11) is 0. The summed E-state index contributed by atoms with van der Waals surface area (Å²) in [4.78, 5) is 9.56. The summed E-state index contributed by atoms with van der Waals surface area (Å²) in [6.45, 7) is 9.76. The molecule has 2 saturated heterocycles. The smallest absolute Gasteiger partial charge is 0.123 e. The van der Waals surface area contributed by atoms with Crippen molar-refractivity contribution in [2.45, 2.75) is 25.3 Å². The molecule has 1 unspecified atom stereocenters. The van der Waals surface area contributed by atoms with E-state index in [0.29, 0.717) is 0 Å². The van der Waals surface area contributed by atoms with Crippen LogP contribution >= 0.6 is 0 Å². The number of nitrogens with zero attached hydrogens (tertiary/aromatic N) is 3. The van der Waals surface area contributed by atoms with Crippen LogP contribution in [0.5, 0.6) is 0 Å². The molecule has 2 aliphatic heterocycles. The molecule has 27 heavy (non-hydrogen) atoms. The molecule has 0 amide bonds. The lowest BCUT2D eigenvalue weighted by atomic mass is 9.79. The van der Waals surface area contributed by atoms with Crippen molar-refractivity contribution < 1.29 is 9.13 Å². The number of piperazine rings is 1. The average molecular weight is 369 g/mol. The Kier molecular flexibility index (Phi) is 5.53. The maximum Gasteiger partial charge on any atom is 0.123 e. The lowest BCUT2D eigenvalue weighted by molar-refractivity contribution is 0.0951. The average Bonchev–Trinajstić information content (AvgIpc) is 3.15. The molecular formula is C22H28FN3O. The predicted molar refractivity (Wildman–Crippen MR) is 104 cm³/mol. The van der Waals surface area contributed by atoms with Gasteiger partial charge in [-0.3, -0.25) is 14.8 Å². The van der Waals surface area contributed by atoms with E-state index in [1.54, 1.807) is 12.1 Å². The summed E-state index contributed by atoms with van der Waals surface area (Å²) in [5.41, 5.74) is 3.64. The number of rotatable bonds is 5. The van der Waals surface area contributed by atoms with Crippen LogP contribution < -0.4 is 0 Å². The summed E-state index contributed by atoms with van der Waals surface area (Å²) < 4.78 is 19.1. The summed E-state index contributed by atoms with van der Waals surface area (Å²) in [5.74, 6) is -0.175. The third kappa shape index (κ3) is 4.21. The number of halogens is 1. The first-order valence-corrected chi connectivity index (χ1v) is 9.84. The van der Waals surface area contributed by atoms with Crippen LogP contribution in [0.2, 0.25) is 0 Å². The van der Waals surface area contributed by atoms with Crippen molar-refractivity contribution in [2.75, 3.05) is 45.9 Å². The maximum absolute atomic E-state index is 13.4. The lowest BCUT2D eigenvalue weighted by Gasteiger charge is -2.40. The van der Waals surface area contributed by atoms with E-state index in [1.807, 2.05) is 24.4 Å². The van der Waals surface area contributed by atoms with Crippen LogP contribution in [0, 0.1) is 12.7 Å². The van der Waals surface area contributed by atoms with Crippen LogP contribution in [0.4, 0.5) is 4.39 Å². The topological polar surface area (TPSA) is 28.6 Å². The van der Waals surface area contributed by atoms with Gasteiger partial charge in [0, 0.05) is 57.5 Å². The zero-order valence-corrected chi connectivity index (χ0v) is 16.0. The van der Waals surface area contributed by atoms with Gasteiger partial charge >= 0.3 is 0 Å². The predicted octanol–water partition coefficient (Wildman–Crippen LogP) is 3.01. The van der Waals surface area contributed by atoms with Gasteiger partial charge in [0.05, 0.1) is 12.3 Å². The quantitative estimate of drug-likeness (QED) is 0.810. The van der Waals surface area contributed by atoms with Gasteiger partial charge < -0.3 is 4.74 Å². The first-order valence-electron chi connectivity index (χ1n) is 9.84. The maximum atomic E-state index is 13.4. The molecule has 2 aliphatic rings. The Balaban J connectivity index is 1.37. The second-order valence-corrected chi connectivity index (χ2v) is 7.91. The standard InChI is InChI=1S/C22H28FN3O/c1-18-3-2-9-24-21(18)15-25-10-12-26(13-11-25)16-22(8-14-27-17-22)19-4-6-20(23)7-5-19/h2-7,9H,8,10-17H2,1H3. The Morgan fingerprint density at radius 3 is 2.48 bits per heavy atom. The van der Waals surface area contributed by atoms with Gasteiger partial charge in [0.25, 0.3) is 0 Å². The van der Waals surface area contributed by atoms with Crippen molar-refractivity contribution in [1.29, 1.82) is 0 Å². The molecule has 0 N–H and O–H groups in total. The van der Waals surface area contributed by atoms with E-state index >= 15 is 0 Å². The number of aromatic nitrogens is 1. The fourth-order valence-corrected chi connectivity index (χ4v) is 4.28. The van der Waals surface area contributed by atoms with Gasteiger partial charge in [0.2, 0.25) is 0 Å². The van der Waals surface area contributed by atoms with Gasteiger partial charge in [-0.15, -0.1) is 0 Å². The van der Waals surface area contributed by atoms with Gasteiger partial charge in [-0.2, -0.15) is 0 Å². The second-order valence-electron chi connectivity index (χ2n) is 7.91. The summed E-state index contributed by atoms with van der Waals surface area (Å²) in [5, 5.41) is 0. The number of hydrogen-bond acceptors (Lipinski definition) is 4. The van der Waals surface area contributed by atoms with Gasteiger partial charge in [-0.05, 0) is 42.7 Å². The third-order valence-electron chi connectivity index (χ3n) is 6.04. The van der Waals surface area contributed by atoms with Crippen molar-refractivity contribution in [3.05, 3.63) is 65.2 Å². The zero-order chi connectivity index (χ0) is 18.7. The Morgan fingerprint density at radius 1 is 1.07 bits per heavy atom. The Bertz CT molecular complexity index is 750. The van der Waals surface area contributed by atoms with E-state index in [-0.39, 0.29) is 11.2 Å². The molecule has 1 aromatic carbocycles. The van der Waals surface area contributed by atoms with Crippen LogP contribution in [0.25, 0.3) is 0 Å². The van der Waals surface area contributed by atoms with Gasteiger partial charge in [-0.1, -0.05) is 18.2 Å². The van der Waals surface area contributed by atoms with Gasteiger partial charge in [-0.25, -0.2) is 4.39 Å². The van der Waals surface area contributed by atoms with E-state index in [1.165, 1.54) is 16.8 Å². The first kappa shape index (κ1) is 18.5. The van der Waals surface area contributed by atoms with Crippen LogP contribution in [-0.4, -0.2) is 60.7 Å². The molecule has 5 heteroatoms. The fourth-order valence-electron chi connectivity index (χ4n) is 4.28. The third-order valence-corrected chi connectivity index (χ3v) is 6.04. The lowest BCUT2D eigenvalue weighted by Crippen LogP contribution is -2.51. The molecule has 1 atom stereocenters. The Morgan fingerprint density at radius 2 is 1.81 bits per heavy atom. The van der Waals surface area contributed by atoms with E-state index in [0.717, 1.165) is 58.9 Å². The normalized spacial score (nSPS) is 24.4. The largest absolute Gasteiger partial charge is 0.380 e. The first-order chi connectivity index (χ1) is 13.1. The monoisotopic (exact) mass is 369 g/mol. The Labute approximate surface area is 161 Å². The molecule has 2 fully saturated rings. The minimum absolute atomic E-state index is 0.00650. The van der Waals surface area contributed by atoms with Crippen molar-refractivity contribution in [3.8, 4) is 0 Å². The summed E-state index contributed by atoms with van der Waals surface area (Å²) >= 11 is 0. The van der Waals surface area contributed by atoms with Crippen molar-refractivity contribution in [3.63, 3.8) is 0 Å². The van der Waals surface area contributed by atoms with E-state index in [9.17, 15) is 4.39 Å². The molecule has 4 nitrogen and oxygen atoms in total. The van der Waals surface area contributed by atoms with E-state index < -0.39 is 0 Å². The highest BCUT2D eigenvalue weighted by Gasteiger charge is 2.39. The van der Waals surface area contributed by atoms with Gasteiger partial charge in [0.15, 0.2) is 0 Å². The minimum Gasteiger partial charge on any atom is -0.380 e. The second kappa shape index (κ2) is 8.05. The highest BCUT2D eigenvalue weighted by molar-refractivity contribution is 5.28. The van der Waals surface area contributed by atoms with Crippen LogP contribution in [0.3, 0.4) is 0 Å². The van der Waals surface area contributed by atoms with E-state index in [4.69, 9.17) is 4.74 Å². The summed E-state index contributed by atoms with van der Waals surface area (Å²) in [6.07, 6.45) is 2.89. The molecule has 0 bridgehead atoms. The molecule has 3 heterocycles. The number of pyridine rings is 1. The number of benzene rings is 1. The molecule has 0 aliphatic carbocycles. The molecule has 0 saturated carbocycles. The van der Waals surface area contributed by atoms with Crippen LogP contribution in [-0.2, 0) is 16.7 Å². The molecular weight excluding hydrogens is 341 g/mol. The highest BCUT2D eigenvalue weighted by Crippen LogP contribution is 2.34. The number of aryl methyl sites for hydroxylation is 1. The zero-order valence-electron chi connectivity index (χ0n) is 16.0. The molecule has 2 aromatic rings. The van der Waals surface area contributed by atoms with Gasteiger partial charge in [0.1, 0.15) is 5.82 Å². The molecule has 0 spiro atoms. The highest BCUT2D eigenvalue weighted by atomic mass is 19.1. The molecule has 0 radical (unpaired) electrons. The fraction of sp³-hybridized carbons (Fsp3) is 0.500. The van der Waals surface area contributed by atoms with Crippen LogP contribution in [0.1, 0.15) is 23.2 Å². The summed E-state index contributed by atoms with van der Waals surface area (Å²) in [6, 6.07) is 11.1. The molecule has 4 rings (SSSR count). The number of ether oxygens (including phenoxy) is 1. The molecule has 144 valence electrons. The van der Waals surface area contributed by atoms with Crippen molar-refractivity contribution in [1.82, 2.24) is 14.8 Å². The van der Waals surface area contributed by atoms with Crippen LogP contribution in [0.15, 0.2) is 42.6 Å². The molecule has 1 aromatic heterocycles. The minimum atomic E-state index is -0.175. The van der Waals surface area contributed by atoms with E-state index in [2.05, 4.69) is 27.8 Å². The number of hydrogen-bond donors (Lipinski definition) is 0. The van der Waals surface area contributed by atoms with Crippen molar-refractivity contribution >= 4 is 0 Å². The SMILES string of the molecule is Cc1cccnc1CN1CCN(CC2(c3ccc(F)cc3)CCOC2)CC1. The van der Waals surface area contributed by atoms with Crippen molar-refractivity contribution in [2.24, 2.45) is 0 Å². The Hall–Kier alpha value is -1.82.